The van der Waals surface area contributed by atoms with Gasteiger partial charge in [0.2, 0.25) is 5.91 Å². The van der Waals surface area contributed by atoms with Gasteiger partial charge in [-0.3, -0.25) is 14.6 Å². The van der Waals surface area contributed by atoms with Crippen molar-refractivity contribution in [1.82, 2.24) is 14.7 Å². The van der Waals surface area contributed by atoms with Crippen LogP contribution in [-0.2, 0) is 17.6 Å². The lowest BCUT2D eigenvalue weighted by atomic mass is 9.85. The summed E-state index contributed by atoms with van der Waals surface area (Å²) in [6.45, 7) is 6.50. The Balaban J connectivity index is 1.12. The first-order valence-corrected chi connectivity index (χ1v) is 15.1. The second kappa shape index (κ2) is 11.9. The molecule has 0 bridgehead atoms. The van der Waals surface area contributed by atoms with Gasteiger partial charge in [0, 0.05) is 57.8 Å². The van der Waals surface area contributed by atoms with Crippen LogP contribution < -0.4 is 4.90 Å². The lowest BCUT2D eigenvalue weighted by Crippen LogP contribution is -2.58. The maximum atomic E-state index is 14.4. The van der Waals surface area contributed by atoms with Crippen LogP contribution >= 0.6 is 0 Å². The molecule has 0 spiro atoms. The molecule has 6 rings (SSSR count). The number of amides is 1. The molecule has 1 N–H and O–H groups in total. The number of piperidine rings is 1. The van der Waals surface area contributed by atoms with Crippen LogP contribution in [0.2, 0.25) is 0 Å². The number of fused-ring (bicyclic) bond motifs is 1. The molecule has 0 aromatic heterocycles. The molecule has 3 heterocycles. The van der Waals surface area contributed by atoms with E-state index < -0.39 is 0 Å². The fraction of sp³-hybridized carbons (Fsp3) is 0.594. The van der Waals surface area contributed by atoms with Crippen LogP contribution in [0.3, 0.4) is 0 Å². The molecular formula is C32H43FN4O2. The third-order valence-electron chi connectivity index (χ3n) is 9.88. The van der Waals surface area contributed by atoms with Gasteiger partial charge in [-0.25, -0.2) is 4.39 Å². The molecule has 3 fully saturated rings. The van der Waals surface area contributed by atoms with Crippen molar-refractivity contribution in [2.45, 2.75) is 63.1 Å². The van der Waals surface area contributed by atoms with Gasteiger partial charge in [0.25, 0.3) is 0 Å². The summed E-state index contributed by atoms with van der Waals surface area (Å²) in [5, 5.41) is 9.73. The van der Waals surface area contributed by atoms with Gasteiger partial charge in [-0.15, -0.1) is 0 Å². The van der Waals surface area contributed by atoms with Crippen molar-refractivity contribution in [3.05, 3.63) is 65.5 Å². The highest BCUT2D eigenvalue weighted by molar-refractivity contribution is 5.76. The van der Waals surface area contributed by atoms with E-state index in [0.717, 1.165) is 84.3 Å². The minimum atomic E-state index is -0.142. The summed E-state index contributed by atoms with van der Waals surface area (Å²) >= 11 is 0. The van der Waals surface area contributed by atoms with Crippen LogP contribution in [0.15, 0.2) is 48.5 Å². The van der Waals surface area contributed by atoms with Gasteiger partial charge < -0.3 is 14.9 Å². The number of rotatable bonds is 7. The second-order valence-electron chi connectivity index (χ2n) is 12.0. The number of hydrogen-bond acceptors (Lipinski definition) is 5. The van der Waals surface area contributed by atoms with Crippen LogP contribution in [0.5, 0.6) is 0 Å². The molecule has 39 heavy (non-hydrogen) atoms. The lowest BCUT2D eigenvalue weighted by Gasteiger charge is -2.48. The summed E-state index contributed by atoms with van der Waals surface area (Å²) in [4.78, 5) is 22.6. The molecule has 3 saturated heterocycles. The summed E-state index contributed by atoms with van der Waals surface area (Å²) in [5.74, 6) is 0.498. The van der Waals surface area contributed by atoms with E-state index in [9.17, 15) is 14.3 Å². The highest BCUT2D eigenvalue weighted by Gasteiger charge is 2.39. The summed E-state index contributed by atoms with van der Waals surface area (Å²) in [5.41, 5.74) is 3.69. The molecule has 2 aromatic rings. The van der Waals surface area contributed by atoms with Crippen molar-refractivity contribution in [1.29, 1.82) is 0 Å². The SMILES string of the molecule is O=C(CC[C@H]1CN(C2Cc3ccccc3C2)CC[C@H]1N1CCN(c2ccccc2F)CC1)N1CCC[C@H]1CO. The van der Waals surface area contributed by atoms with Crippen LogP contribution in [0.1, 0.15) is 43.2 Å². The first-order chi connectivity index (χ1) is 19.1. The van der Waals surface area contributed by atoms with E-state index in [2.05, 4.69) is 39.0 Å². The fourth-order valence-electron chi connectivity index (χ4n) is 7.75. The zero-order valence-electron chi connectivity index (χ0n) is 23.1. The average Bonchev–Trinajstić information content (AvgIpc) is 3.64. The molecule has 0 unspecified atom stereocenters. The molecule has 0 radical (unpaired) electrons. The van der Waals surface area contributed by atoms with Gasteiger partial charge in [0.05, 0.1) is 18.3 Å². The van der Waals surface area contributed by atoms with Crippen LogP contribution in [0, 0.1) is 11.7 Å². The van der Waals surface area contributed by atoms with Crippen molar-refractivity contribution in [2.24, 2.45) is 5.92 Å². The Hall–Kier alpha value is -2.48. The number of halogens is 1. The topological polar surface area (TPSA) is 50.3 Å². The van der Waals surface area contributed by atoms with Crippen molar-refractivity contribution in [3.63, 3.8) is 0 Å². The van der Waals surface area contributed by atoms with E-state index in [1.807, 2.05) is 17.0 Å². The monoisotopic (exact) mass is 534 g/mol. The highest BCUT2D eigenvalue weighted by atomic mass is 19.1. The number of nitrogens with zero attached hydrogens (tertiary/aromatic N) is 4. The first kappa shape index (κ1) is 26.7. The number of likely N-dealkylation sites (tertiary alicyclic amines) is 2. The number of carbonyl (C=O) groups excluding carboxylic acids is 1. The lowest BCUT2D eigenvalue weighted by molar-refractivity contribution is -0.133. The molecule has 0 saturated carbocycles. The zero-order chi connectivity index (χ0) is 26.8. The first-order valence-electron chi connectivity index (χ1n) is 15.1. The summed E-state index contributed by atoms with van der Waals surface area (Å²) in [7, 11) is 0. The maximum Gasteiger partial charge on any atom is 0.222 e. The van der Waals surface area contributed by atoms with Crippen LogP contribution in [-0.4, -0.2) is 96.3 Å². The molecule has 1 aliphatic carbocycles. The van der Waals surface area contributed by atoms with E-state index in [1.165, 1.54) is 11.1 Å². The maximum absolute atomic E-state index is 14.4. The molecule has 2 aromatic carbocycles. The van der Waals surface area contributed by atoms with E-state index in [4.69, 9.17) is 0 Å². The van der Waals surface area contributed by atoms with Gasteiger partial charge in [0.15, 0.2) is 0 Å². The number of anilines is 1. The summed E-state index contributed by atoms with van der Waals surface area (Å²) in [6.07, 6.45) is 6.73. The van der Waals surface area contributed by atoms with Crippen LogP contribution in [0.4, 0.5) is 10.1 Å². The summed E-state index contributed by atoms with van der Waals surface area (Å²) < 4.78 is 14.4. The number of aliphatic hydroxyl groups excluding tert-OH is 1. The largest absolute Gasteiger partial charge is 0.394 e. The Kier molecular flexibility index (Phi) is 8.19. The van der Waals surface area contributed by atoms with E-state index in [0.29, 0.717) is 30.1 Å². The van der Waals surface area contributed by atoms with Gasteiger partial charge in [-0.1, -0.05) is 36.4 Å². The van der Waals surface area contributed by atoms with Crippen molar-refractivity contribution < 1.29 is 14.3 Å². The Morgan fingerprint density at radius 3 is 2.31 bits per heavy atom. The molecule has 4 aliphatic rings. The fourth-order valence-corrected chi connectivity index (χ4v) is 7.75. The predicted octanol–water partition coefficient (Wildman–Crippen LogP) is 3.57. The normalized spacial score (nSPS) is 26.8. The minimum absolute atomic E-state index is 0.000367. The third-order valence-corrected chi connectivity index (χ3v) is 9.88. The molecule has 3 atom stereocenters. The molecule has 7 heteroatoms. The van der Waals surface area contributed by atoms with Crippen molar-refractivity contribution >= 4 is 11.6 Å². The van der Waals surface area contributed by atoms with E-state index in [1.54, 1.807) is 12.1 Å². The Labute approximate surface area is 232 Å². The minimum Gasteiger partial charge on any atom is -0.394 e. The van der Waals surface area contributed by atoms with Gasteiger partial charge in [-0.05, 0) is 74.2 Å². The van der Waals surface area contributed by atoms with E-state index >= 15 is 0 Å². The molecule has 210 valence electrons. The predicted molar refractivity (Wildman–Crippen MR) is 152 cm³/mol. The smallest absolute Gasteiger partial charge is 0.222 e. The highest BCUT2D eigenvalue weighted by Crippen LogP contribution is 2.33. The number of hydrogen-bond donors (Lipinski definition) is 1. The third kappa shape index (κ3) is 5.72. The Morgan fingerprint density at radius 2 is 1.59 bits per heavy atom. The van der Waals surface area contributed by atoms with E-state index in [-0.39, 0.29) is 24.4 Å². The molecule has 3 aliphatic heterocycles. The van der Waals surface area contributed by atoms with Gasteiger partial charge in [0.1, 0.15) is 5.82 Å². The number of piperazine rings is 1. The quantitative estimate of drug-likeness (QED) is 0.589. The van der Waals surface area contributed by atoms with Crippen LogP contribution in [0.25, 0.3) is 0 Å². The Bertz CT molecular complexity index is 1110. The number of para-hydroxylation sites is 1. The number of carbonyl (C=O) groups is 1. The van der Waals surface area contributed by atoms with Crippen molar-refractivity contribution in [2.75, 3.05) is 57.3 Å². The zero-order valence-corrected chi connectivity index (χ0v) is 23.1. The Morgan fingerprint density at radius 1 is 0.872 bits per heavy atom. The summed E-state index contributed by atoms with van der Waals surface area (Å²) in [6, 6.07) is 17.0. The average molecular weight is 535 g/mol. The van der Waals surface area contributed by atoms with Gasteiger partial charge >= 0.3 is 0 Å². The number of aliphatic hydroxyl groups is 1. The molecule has 6 nitrogen and oxygen atoms in total. The van der Waals surface area contributed by atoms with Crippen molar-refractivity contribution in [3.8, 4) is 0 Å². The molecule has 1 amide bonds. The standard InChI is InChI=1S/C32H43FN4O2/c33-29-9-3-4-10-31(29)35-18-16-34(17-19-35)30-13-15-36(28-20-24-6-1-2-7-25(24)21-28)22-26(30)11-12-32(39)37-14-5-8-27(37)23-38/h1-4,6-7,9-10,26-28,30,38H,5,8,11-23H2/t26-,27-,30+/m0/s1. The molecular weight excluding hydrogens is 491 g/mol. The number of benzene rings is 2. The van der Waals surface area contributed by atoms with Gasteiger partial charge in [-0.2, -0.15) is 0 Å². The second-order valence-corrected chi connectivity index (χ2v) is 12.0.